The molecule has 0 fully saturated rings. The number of nitrogens with zero attached hydrogens (tertiary/aromatic N) is 1. The Morgan fingerprint density at radius 3 is 2.11 bits per heavy atom. The minimum atomic E-state index is -3.02. The second-order valence-electron chi connectivity index (χ2n) is 1.77. The first-order valence-corrected chi connectivity index (χ1v) is 4.84. The van der Waals surface area contributed by atoms with Gasteiger partial charge in [-0.15, -0.1) is 11.6 Å². The quantitative estimate of drug-likeness (QED) is 0.566. The molecule has 0 aliphatic rings. The van der Waals surface area contributed by atoms with E-state index >= 15 is 0 Å². The van der Waals surface area contributed by atoms with Gasteiger partial charge < -0.3 is 0 Å². The van der Waals surface area contributed by atoms with Gasteiger partial charge in [0.25, 0.3) is 0 Å². The van der Waals surface area contributed by atoms with Crippen LogP contribution in [-0.4, -0.2) is 38.5 Å². The average Bonchev–Trinajstić information content (AvgIpc) is 1.64. The van der Waals surface area contributed by atoms with Crippen LogP contribution in [0.4, 0.5) is 0 Å². The Balaban J connectivity index is 3.90. The molecule has 56 valence electrons. The van der Waals surface area contributed by atoms with E-state index in [1.807, 2.05) is 0 Å². The third-order valence-electron chi connectivity index (χ3n) is 0.966. The van der Waals surface area contributed by atoms with Crippen molar-refractivity contribution in [3.63, 3.8) is 0 Å². The van der Waals surface area contributed by atoms with Gasteiger partial charge in [-0.3, -0.25) is 0 Å². The Hall–Kier alpha value is 0.200. The summed E-state index contributed by atoms with van der Waals surface area (Å²) >= 11 is 5.30. The van der Waals surface area contributed by atoms with Gasteiger partial charge in [-0.25, -0.2) is 12.7 Å². The van der Waals surface area contributed by atoms with Gasteiger partial charge in [0.15, 0.2) is 0 Å². The lowest BCUT2D eigenvalue weighted by atomic mass is 10.8. The Kier molecular flexibility index (Phi) is 3.46. The monoisotopic (exact) mass is 171 g/mol. The summed E-state index contributed by atoms with van der Waals surface area (Å²) in [5.74, 6) is 0.337. The molecule has 0 heterocycles. The highest BCUT2D eigenvalue weighted by atomic mass is 35.5. The number of sulfonamides is 1. The molecule has 3 nitrogen and oxygen atoms in total. The van der Waals surface area contributed by atoms with Crippen LogP contribution in [0, 0.1) is 0 Å². The fraction of sp³-hybridized carbons (Fsp3) is 1.00. The van der Waals surface area contributed by atoms with E-state index in [1.54, 1.807) is 0 Å². The van der Waals surface area contributed by atoms with Crippen LogP contribution in [0.1, 0.15) is 0 Å². The molecule has 0 saturated heterocycles. The third-order valence-corrected chi connectivity index (χ3v) is 2.45. The molecule has 5 heteroatoms. The zero-order chi connectivity index (χ0) is 7.49. The van der Waals surface area contributed by atoms with Gasteiger partial charge in [0.05, 0.1) is 6.26 Å². The highest BCUT2D eigenvalue weighted by Gasteiger charge is 2.07. The third kappa shape index (κ3) is 3.72. The Bertz CT molecular complexity index is 165. The van der Waals surface area contributed by atoms with Crippen LogP contribution in [-0.2, 0) is 10.0 Å². The molecule has 0 spiro atoms. The zero-order valence-corrected chi connectivity index (χ0v) is 7.04. The predicted molar refractivity (Wildman–Crippen MR) is 38.2 cm³/mol. The summed E-state index contributed by atoms with van der Waals surface area (Å²) in [4.78, 5) is 0. The van der Waals surface area contributed by atoms with Gasteiger partial charge in [0.1, 0.15) is 0 Å². The largest absolute Gasteiger partial charge is 0.213 e. The molecule has 0 unspecified atom stereocenters. The normalized spacial score (nSPS) is 12.4. The first-order chi connectivity index (χ1) is 3.98. The van der Waals surface area contributed by atoms with Gasteiger partial charge >= 0.3 is 0 Å². The molecule has 0 atom stereocenters. The summed E-state index contributed by atoms with van der Waals surface area (Å²) in [5, 5.41) is 0. The molecule has 0 aliphatic heterocycles. The molecule has 0 radical (unpaired) electrons. The van der Waals surface area contributed by atoms with E-state index in [0.717, 1.165) is 6.26 Å². The lowest BCUT2D eigenvalue weighted by molar-refractivity contribution is 0.494. The van der Waals surface area contributed by atoms with E-state index in [9.17, 15) is 8.42 Å². The fourth-order valence-corrected chi connectivity index (χ4v) is 1.06. The van der Waals surface area contributed by atoms with Crippen molar-refractivity contribution in [3.05, 3.63) is 0 Å². The summed E-state index contributed by atoms with van der Waals surface area (Å²) in [6, 6.07) is 0. The number of hydrogen-bond acceptors (Lipinski definition) is 2. The lowest BCUT2D eigenvalue weighted by Crippen LogP contribution is -2.27. The molecule has 0 aromatic carbocycles. The Morgan fingerprint density at radius 2 is 2.00 bits per heavy atom. The van der Waals surface area contributed by atoms with Crippen LogP contribution < -0.4 is 0 Å². The van der Waals surface area contributed by atoms with Crippen molar-refractivity contribution in [2.45, 2.75) is 0 Å². The van der Waals surface area contributed by atoms with Crippen molar-refractivity contribution in [1.29, 1.82) is 0 Å². The maximum absolute atomic E-state index is 10.6. The molecule has 0 saturated carbocycles. The van der Waals surface area contributed by atoms with Crippen molar-refractivity contribution < 1.29 is 8.42 Å². The van der Waals surface area contributed by atoms with Gasteiger partial charge in [-0.05, 0) is 0 Å². The van der Waals surface area contributed by atoms with Crippen LogP contribution in [0.3, 0.4) is 0 Å². The van der Waals surface area contributed by atoms with Crippen molar-refractivity contribution in [3.8, 4) is 0 Å². The minimum Gasteiger partial charge on any atom is -0.213 e. The van der Waals surface area contributed by atoms with E-state index < -0.39 is 10.0 Å². The first-order valence-electron chi connectivity index (χ1n) is 2.45. The summed E-state index contributed by atoms with van der Waals surface area (Å²) in [7, 11) is -1.52. The summed E-state index contributed by atoms with van der Waals surface area (Å²) in [6.07, 6.45) is 1.15. The summed E-state index contributed by atoms with van der Waals surface area (Å²) in [6.45, 7) is 0.375. The molecule has 0 rings (SSSR count). The molecule has 0 amide bonds. The van der Waals surface area contributed by atoms with Crippen LogP contribution >= 0.6 is 11.6 Å². The van der Waals surface area contributed by atoms with E-state index in [4.69, 9.17) is 11.6 Å². The van der Waals surface area contributed by atoms with Crippen molar-refractivity contribution in [2.24, 2.45) is 0 Å². The maximum Gasteiger partial charge on any atom is 0.210 e. The second kappa shape index (κ2) is 3.39. The van der Waals surface area contributed by atoms with Crippen LogP contribution in [0.5, 0.6) is 0 Å². The number of alkyl halides is 1. The van der Waals surface area contributed by atoms with Crippen LogP contribution in [0.2, 0.25) is 0 Å². The topological polar surface area (TPSA) is 37.4 Å². The molecule has 0 bridgehead atoms. The highest BCUT2D eigenvalue weighted by molar-refractivity contribution is 7.88. The fourth-order valence-electron chi connectivity index (χ4n) is 0.285. The number of rotatable bonds is 3. The van der Waals surface area contributed by atoms with Gasteiger partial charge in [-0.2, -0.15) is 0 Å². The Labute approximate surface area is 60.7 Å². The van der Waals surface area contributed by atoms with E-state index in [-0.39, 0.29) is 0 Å². The van der Waals surface area contributed by atoms with E-state index in [2.05, 4.69) is 0 Å². The van der Waals surface area contributed by atoms with Crippen molar-refractivity contribution in [2.75, 3.05) is 25.7 Å². The van der Waals surface area contributed by atoms with E-state index in [0.29, 0.717) is 12.4 Å². The predicted octanol–water partition coefficient (Wildman–Crippen LogP) is 0.117. The smallest absolute Gasteiger partial charge is 0.210 e. The van der Waals surface area contributed by atoms with Gasteiger partial charge in [-0.1, -0.05) is 0 Å². The van der Waals surface area contributed by atoms with E-state index in [1.165, 1.54) is 11.4 Å². The van der Waals surface area contributed by atoms with Crippen molar-refractivity contribution >= 4 is 21.6 Å². The first kappa shape index (κ1) is 9.20. The standard InChI is InChI=1S/C4H10ClNO2S/c1-6(4-3-5)9(2,7)8/h3-4H2,1-2H3. The summed E-state index contributed by atoms with van der Waals surface area (Å²) in [5.41, 5.74) is 0. The molecular weight excluding hydrogens is 162 g/mol. The molecule has 9 heavy (non-hydrogen) atoms. The average molecular weight is 172 g/mol. The molecule has 0 aliphatic carbocycles. The maximum atomic E-state index is 10.6. The lowest BCUT2D eigenvalue weighted by Gasteiger charge is -2.10. The highest BCUT2D eigenvalue weighted by Crippen LogP contribution is 1.91. The summed E-state index contributed by atoms with van der Waals surface area (Å²) < 4.78 is 22.4. The van der Waals surface area contributed by atoms with Gasteiger partial charge in [0, 0.05) is 19.5 Å². The van der Waals surface area contributed by atoms with Crippen molar-refractivity contribution in [1.82, 2.24) is 4.31 Å². The van der Waals surface area contributed by atoms with Crippen LogP contribution in [0.15, 0.2) is 0 Å². The Morgan fingerprint density at radius 1 is 1.56 bits per heavy atom. The minimum absolute atomic E-state index is 0.337. The number of hydrogen-bond donors (Lipinski definition) is 0. The zero-order valence-electron chi connectivity index (χ0n) is 5.46. The molecular formula is C4H10ClNO2S. The second-order valence-corrected chi connectivity index (χ2v) is 4.24. The SMILES string of the molecule is CN(CCCl)S(C)(=O)=O. The molecule has 0 aromatic rings. The molecule has 0 N–H and O–H groups in total. The molecule has 0 aromatic heterocycles. The van der Waals surface area contributed by atoms with Gasteiger partial charge in [0.2, 0.25) is 10.0 Å². The van der Waals surface area contributed by atoms with Crippen LogP contribution in [0.25, 0.3) is 0 Å². The number of halogens is 1.